The molecule has 120 valence electrons. The van der Waals surface area contributed by atoms with E-state index in [1.54, 1.807) is 7.11 Å². The fourth-order valence-corrected chi connectivity index (χ4v) is 2.95. The van der Waals surface area contributed by atoms with E-state index in [1.165, 1.54) is 18.4 Å². The summed E-state index contributed by atoms with van der Waals surface area (Å²) in [6.07, 6.45) is 4.38. The van der Waals surface area contributed by atoms with Gasteiger partial charge in [-0.3, -0.25) is 0 Å². The maximum Gasteiger partial charge on any atom is 0.148 e. The van der Waals surface area contributed by atoms with Crippen molar-refractivity contribution in [1.29, 1.82) is 0 Å². The molecule has 1 aromatic carbocycles. The summed E-state index contributed by atoms with van der Waals surface area (Å²) in [6, 6.07) is 10.8. The van der Waals surface area contributed by atoms with E-state index in [2.05, 4.69) is 27.6 Å². The Morgan fingerprint density at radius 2 is 2.13 bits per heavy atom. The summed E-state index contributed by atoms with van der Waals surface area (Å²) in [5.41, 5.74) is 2.26. The van der Waals surface area contributed by atoms with Crippen molar-refractivity contribution < 1.29 is 9.47 Å². The average molecular weight is 311 g/mol. The van der Waals surface area contributed by atoms with Crippen molar-refractivity contribution in [2.75, 3.05) is 19.0 Å². The number of nitrogens with one attached hydrogen (secondary N) is 1. The molecule has 0 spiro atoms. The van der Waals surface area contributed by atoms with Gasteiger partial charge in [0.25, 0.3) is 0 Å². The van der Waals surface area contributed by atoms with Crippen LogP contribution in [0.3, 0.4) is 0 Å². The van der Waals surface area contributed by atoms with Crippen molar-refractivity contribution in [3.05, 3.63) is 41.6 Å². The highest BCUT2D eigenvalue weighted by atomic mass is 16.5. The first kappa shape index (κ1) is 14.3. The van der Waals surface area contributed by atoms with Crippen LogP contribution >= 0.6 is 0 Å². The van der Waals surface area contributed by atoms with Crippen LogP contribution in [0.1, 0.15) is 24.1 Å². The highest BCUT2D eigenvalue weighted by molar-refractivity contribution is 5.42. The molecule has 1 fully saturated rings. The first-order chi connectivity index (χ1) is 11.3. The number of rotatable bonds is 5. The lowest BCUT2D eigenvalue weighted by molar-refractivity contribution is 0.219. The number of nitrogens with zero attached hydrogens (tertiary/aromatic N) is 2. The van der Waals surface area contributed by atoms with Crippen molar-refractivity contribution in [2.24, 2.45) is 5.92 Å². The molecule has 1 aliphatic heterocycles. The molecule has 5 nitrogen and oxygen atoms in total. The molecule has 0 amide bonds. The van der Waals surface area contributed by atoms with Crippen LogP contribution < -0.4 is 14.8 Å². The van der Waals surface area contributed by atoms with Crippen LogP contribution in [0.2, 0.25) is 0 Å². The minimum atomic E-state index is 0.437. The third kappa shape index (κ3) is 3.38. The number of hydrogen-bond donors (Lipinski definition) is 1. The molecule has 1 aliphatic carbocycles. The van der Waals surface area contributed by atoms with Crippen LogP contribution in [-0.2, 0) is 12.8 Å². The second-order valence-corrected chi connectivity index (χ2v) is 6.39. The van der Waals surface area contributed by atoms with Gasteiger partial charge in [0.2, 0.25) is 0 Å². The molecule has 2 aliphatic rings. The monoisotopic (exact) mass is 311 g/mol. The molecule has 0 unspecified atom stereocenters. The lowest BCUT2D eigenvalue weighted by Crippen LogP contribution is -2.23. The fourth-order valence-electron chi connectivity index (χ4n) is 2.95. The highest BCUT2D eigenvalue weighted by Crippen LogP contribution is 2.32. The van der Waals surface area contributed by atoms with E-state index in [1.807, 2.05) is 18.2 Å². The smallest absolute Gasteiger partial charge is 0.148 e. The lowest BCUT2D eigenvalue weighted by Gasteiger charge is -2.25. The molecule has 1 saturated carbocycles. The molecule has 5 heteroatoms. The molecular formula is C18H21N3O2. The Kier molecular flexibility index (Phi) is 3.77. The van der Waals surface area contributed by atoms with Crippen molar-refractivity contribution in [3.8, 4) is 11.5 Å². The SMILES string of the molecule is COc1ccc2c(c1)OC[C@H](Cc1ccc(NC3CC3)nn1)C2. The van der Waals surface area contributed by atoms with Crippen LogP contribution in [0.15, 0.2) is 30.3 Å². The van der Waals surface area contributed by atoms with Gasteiger partial charge < -0.3 is 14.8 Å². The summed E-state index contributed by atoms with van der Waals surface area (Å²) in [5.74, 6) is 3.10. The molecule has 23 heavy (non-hydrogen) atoms. The zero-order valence-corrected chi connectivity index (χ0v) is 13.3. The Labute approximate surface area is 136 Å². The molecule has 0 bridgehead atoms. The van der Waals surface area contributed by atoms with Gasteiger partial charge in [-0.15, -0.1) is 5.10 Å². The number of ether oxygens (including phenoxy) is 2. The quantitative estimate of drug-likeness (QED) is 0.920. The zero-order chi connectivity index (χ0) is 15.6. The van der Waals surface area contributed by atoms with E-state index in [0.717, 1.165) is 35.9 Å². The first-order valence-corrected chi connectivity index (χ1v) is 8.19. The van der Waals surface area contributed by atoms with Gasteiger partial charge in [-0.25, -0.2) is 0 Å². The van der Waals surface area contributed by atoms with Crippen LogP contribution in [0.4, 0.5) is 5.82 Å². The first-order valence-electron chi connectivity index (χ1n) is 8.19. The van der Waals surface area contributed by atoms with Crippen LogP contribution in [0.25, 0.3) is 0 Å². The van der Waals surface area contributed by atoms with Gasteiger partial charge in [-0.05, 0) is 49.4 Å². The van der Waals surface area contributed by atoms with Gasteiger partial charge in [0.15, 0.2) is 0 Å². The Morgan fingerprint density at radius 3 is 2.87 bits per heavy atom. The maximum absolute atomic E-state index is 5.89. The fraction of sp³-hybridized carbons (Fsp3) is 0.444. The molecule has 2 aromatic rings. The summed E-state index contributed by atoms with van der Waals surface area (Å²) in [5, 5.41) is 12.0. The number of methoxy groups -OCH3 is 1. The standard InChI is InChI=1S/C18H21N3O2/c1-22-16-6-2-13-8-12(11-23-17(13)10-16)9-15-5-7-18(21-20-15)19-14-3-4-14/h2,5-7,10,12,14H,3-4,8-9,11H2,1H3,(H,19,21)/t12-/m0/s1. The van der Waals surface area contributed by atoms with Gasteiger partial charge in [0, 0.05) is 18.0 Å². The predicted octanol–water partition coefficient (Wildman–Crippen LogP) is 2.85. The Balaban J connectivity index is 1.39. The third-order valence-electron chi connectivity index (χ3n) is 4.40. The second-order valence-electron chi connectivity index (χ2n) is 6.39. The number of hydrogen-bond acceptors (Lipinski definition) is 5. The van der Waals surface area contributed by atoms with Gasteiger partial charge in [0.1, 0.15) is 17.3 Å². The van der Waals surface area contributed by atoms with E-state index in [4.69, 9.17) is 9.47 Å². The minimum Gasteiger partial charge on any atom is -0.497 e. The Hall–Kier alpha value is -2.30. The molecule has 0 radical (unpaired) electrons. The summed E-state index contributed by atoms with van der Waals surface area (Å²) in [6.45, 7) is 0.712. The molecule has 1 aromatic heterocycles. The summed E-state index contributed by atoms with van der Waals surface area (Å²) >= 11 is 0. The highest BCUT2D eigenvalue weighted by Gasteiger charge is 2.23. The summed E-state index contributed by atoms with van der Waals surface area (Å²) < 4.78 is 11.1. The molecular weight excluding hydrogens is 290 g/mol. The van der Waals surface area contributed by atoms with Crippen LogP contribution in [0.5, 0.6) is 11.5 Å². The topological polar surface area (TPSA) is 56.3 Å². The summed E-state index contributed by atoms with van der Waals surface area (Å²) in [7, 11) is 1.67. The van der Waals surface area contributed by atoms with Gasteiger partial charge in [-0.2, -0.15) is 5.10 Å². The predicted molar refractivity (Wildman–Crippen MR) is 88.1 cm³/mol. The van der Waals surface area contributed by atoms with Gasteiger partial charge in [-0.1, -0.05) is 6.07 Å². The zero-order valence-electron chi connectivity index (χ0n) is 13.3. The average Bonchev–Trinajstić information content (AvgIpc) is 3.40. The van der Waals surface area contributed by atoms with Crippen molar-refractivity contribution in [2.45, 2.75) is 31.7 Å². The maximum atomic E-state index is 5.89. The van der Waals surface area contributed by atoms with Gasteiger partial charge >= 0.3 is 0 Å². The molecule has 1 N–H and O–H groups in total. The van der Waals surface area contributed by atoms with E-state index < -0.39 is 0 Å². The minimum absolute atomic E-state index is 0.437. The largest absolute Gasteiger partial charge is 0.497 e. The molecule has 2 heterocycles. The summed E-state index contributed by atoms with van der Waals surface area (Å²) in [4.78, 5) is 0. The number of fused-ring (bicyclic) bond motifs is 1. The second kappa shape index (κ2) is 6.07. The normalized spacial score (nSPS) is 19.6. The van der Waals surface area contributed by atoms with Gasteiger partial charge in [0.05, 0.1) is 19.4 Å². The van der Waals surface area contributed by atoms with Crippen molar-refractivity contribution in [1.82, 2.24) is 10.2 Å². The number of aromatic nitrogens is 2. The van der Waals surface area contributed by atoms with Crippen molar-refractivity contribution >= 4 is 5.82 Å². The Morgan fingerprint density at radius 1 is 1.22 bits per heavy atom. The third-order valence-corrected chi connectivity index (χ3v) is 4.40. The molecule has 0 saturated heterocycles. The van der Waals surface area contributed by atoms with Crippen LogP contribution in [-0.4, -0.2) is 30.0 Å². The number of anilines is 1. The van der Waals surface area contributed by atoms with E-state index in [9.17, 15) is 0 Å². The molecule has 4 rings (SSSR count). The van der Waals surface area contributed by atoms with Crippen LogP contribution in [0, 0.1) is 5.92 Å². The van der Waals surface area contributed by atoms with E-state index >= 15 is 0 Å². The van der Waals surface area contributed by atoms with E-state index in [0.29, 0.717) is 18.6 Å². The van der Waals surface area contributed by atoms with Crippen molar-refractivity contribution in [3.63, 3.8) is 0 Å². The Bertz CT molecular complexity index is 683. The van der Waals surface area contributed by atoms with E-state index in [-0.39, 0.29) is 0 Å². The molecule has 1 atom stereocenters. The number of benzene rings is 1. The lowest BCUT2D eigenvalue weighted by atomic mass is 9.92.